The van der Waals surface area contributed by atoms with Crippen LogP contribution in [-0.4, -0.2) is 31.5 Å². The third-order valence-electron chi connectivity index (χ3n) is 4.04. The third kappa shape index (κ3) is 2.71. The summed E-state index contributed by atoms with van der Waals surface area (Å²) in [4.78, 5) is 0. The summed E-state index contributed by atoms with van der Waals surface area (Å²) in [6, 6.07) is 1.93. The van der Waals surface area contributed by atoms with Gasteiger partial charge < -0.3 is 14.8 Å². The highest BCUT2D eigenvalue weighted by molar-refractivity contribution is 5.91. The van der Waals surface area contributed by atoms with Crippen LogP contribution in [0.3, 0.4) is 0 Å². The van der Waals surface area contributed by atoms with Crippen LogP contribution in [0.15, 0.2) is 21.8 Å². The highest BCUT2D eigenvalue weighted by atomic mass is 19.1. The maximum atomic E-state index is 13.9. The zero-order valence-corrected chi connectivity index (χ0v) is 14.3. The number of halogens is 2. The van der Waals surface area contributed by atoms with Gasteiger partial charge in [0.25, 0.3) is 0 Å². The molecule has 2 heterocycles. The van der Waals surface area contributed by atoms with E-state index < -0.39 is 17.4 Å². The molecule has 0 radical (unpaired) electrons. The predicted octanol–water partition coefficient (Wildman–Crippen LogP) is 3.50. The molecule has 26 heavy (non-hydrogen) atoms. The van der Waals surface area contributed by atoms with E-state index in [-0.39, 0.29) is 5.69 Å². The number of benzene rings is 1. The summed E-state index contributed by atoms with van der Waals surface area (Å²) in [5.74, 6) is -2.82. The van der Waals surface area contributed by atoms with Crippen molar-refractivity contribution < 1.29 is 23.6 Å². The smallest absolute Gasteiger partial charge is 0.187 e. The summed E-state index contributed by atoms with van der Waals surface area (Å²) in [5.41, 5.74) is 2.60. The molecule has 0 unspecified atom stereocenters. The van der Waals surface area contributed by atoms with E-state index >= 15 is 0 Å². The summed E-state index contributed by atoms with van der Waals surface area (Å²) in [6.45, 7) is 5.25. The summed E-state index contributed by atoms with van der Waals surface area (Å²) < 4.78 is 34.2. The highest BCUT2D eigenvalue weighted by Gasteiger charge is 2.25. The van der Waals surface area contributed by atoms with Crippen LogP contribution in [-0.2, 0) is 6.42 Å². The van der Waals surface area contributed by atoms with Crippen molar-refractivity contribution in [3.63, 3.8) is 0 Å². The molecule has 0 saturated carbocycles. The fraction of sp³-hybridized carbons (Fsp3) is 0.235. The van der Waals surface area contributed by atoms with Gasteiger partial charge >= 0.3 is 0 Å². The first-order valence-electron chi connectivity index (χ1n) is 7.79. The number of aromatic hydroxyl groups is 1. The van der Waals surface area contributed by atoms with Gasteiger partial charge in [-0.1, -0.05) is 17.2 Å². The Morgan fingerprint density at radius 2 is 1.92 bits per heavy atom. The van der Waals surface area contributed by atoms with Gasteiger partial charge in [0.2, 0.25) is 0 Å². The number of nitrogens with zero attached hydrogens (tertiary/aromatic N) is 4. The molecule has 0 aliphatic carbocycles. The number of phenols is 1. The monoisotopic (exact) mass is 362 g/mol. The van der Waals surface area contributed by atoms with Crippen molar-refractivity contribution in [3.8, 4) is 22.7 Å². The molecular formula is C17H16F2N4O3. The zero-order chi connectivity index (χ0) is 19.0. The molecule has 3 rings (SSSR count). The second kappa shape index (κ2) is 6.58. The molecule has 7 nitrogen and oxygen atoms in total. The van der Waals surface area contributed by atoms with Crippen molar-refractivity contribution in [1.29, 1.82) is 0 Å². The molecule has 2 N–H and O–H groups in total. The van der Waals surface area contributed by atoms with Gasteiger partial charge in [-0.15, -0.1) is 0 Å². The van der Waals surface area contributed by atoms with Crippen LogP contribution in [0.1, 0.15) is 29.6 Å². The highest BCUT2D eigenvalue weighted by Crippen LogP contribution is 2.34. The van der Waals surface area contributed by atoms with Crippen molar-refractivity contribution in [1.82, 2.24) is 14.9 Å². The molecule has 0 fully saturated rings. The van der Waals surface area contributed by atoms with Gasteiger partial charge in [-0.3, -0.25) is 0 Å². The Morgan fingerprint density at radius 3 is 2.42 bits per heavy atom. The quantitative estimate of drug-likeness (QED) is 0.421. The molecule has 9 heteroatoms. The van der Waals surface area contributed by atoms with Gasteiger partial charge in [-0.2, -0.15) is 5.10 Å². The molecule has 136 valence electrons. The van der Waals surface area contributed by atoms with Crippen LogP contribution >= 0.6 is 0 Å². The number of hydrogen-bond acceptors (Lipinski definition) is 6. The molecule has 0 spiro atoms. The Hall–Kier alpha value is -3.23. The van der Waals surface area contributed by atoms with Crippen LogP contribution < -0.4 is 0 Å². The van der Waals surface area contributed by atoms with Crippen molar-refractivity contribution in [2.24, 2.45) is 5.16 Å². The van der Waals surface area contributed by atoms with Crippen LogP contribution in [0.25, 0.3) is 16.9 Å². The SMILES string of the molecule is CCc1nn(-c2cc(F)c(O)c(F)c2)c(-c2c(C)noc2C)c1/C=N/O. The van der Waals surface area contributed by atoms with Gasteiger partial charge in [0, 0.05) is 17.7 Å². The Morgan fingerprint density at radius 1 is 1.27 bits per heavy atom. The lowest BCUT2D eigenvalue weighted by Gasteiger charge is -2.09. The standard InChI is InChI=1S/C17H16F2N4O3/c1-4-14-11(7-20-25)16(15-8(2)22-26-9(15)3)23(21-14)10-5-12(18)17(24)13(19)6-10/h5-7,24-25H,4H2,1-3H3/b20-7+. The van der Waals surface area contributed by atoms with Crippen molar-refractivity contribution in [2.75, 3.05) is 0 Å². The molecule has 0 aliphatic heterocycles. The Kier molecular flexibility index (Phi) is 4.45. The van der Waals surface area contributed by atoms with Crippen molar-refractivity contribution in [2.45, 2.75) is 27.2 Å². The van der Waals surface area contributed by atoms with Crippen LogP contribution in [0.2, 0.25) is 0 Å². The van der Waals surface area contributed by atoms with Crippen LogP contribution in [0, 0.1) is 25.5 Å². The lowest BCUT2D eigenvalue weighted by molar-refractivity contribution is 0.322. The predicted molar refractivity (Wildman–Crippen MR) is 88.9 cm³/mol. The number of rotatable bonds is 4. The van der Waals surface area contributed by atoms with Crippen molar-refractivity contribution >= 4 is 6.21 Å². The van der Waals surface area contributed by atoms with Gasteiger partial charge in [-0.25, -0.2) is 13.5 Å². The fourth-order valence-corrected chi connectivity index (χ4v) is 2.85. The molecule has 0 atom stereocenters. The molecule has 0 bridgehead atoms. The second-order valence-corrected chi connectivity index (χ2v) is 5.68. The Labute approximate surface area is 147 Å². The van der Waals surface area contributed by atoms with E-state index in [0.29, 0.717) is 40.4 Å². The summed E-state index contributed by atoms with van der Waals surface area (Å²) in [5, 5.41) is 29.8. The van der Waals surface area contributed by atoms with Gasteiger partial charge in [0.05, 0.1) is 34.5 Å². The minimum Gasteiger partial charge on any atom is -0.503 e. The average molecular weight is 362 g/mol. The van der Waals surface area contributed by atoms with E-state index in [1.807, 2.05) is 6.92 Å². The zero-order valence-electron chi connectivity index (χ0n) is 14.3. The summed E-state index contributed by atoms with van der Waals surface area (Å²) in [6.07, 6.45) is 1.68. The topological polar surface area (TPSA) is 96.7 Å². The number of hydrogen-bond donors (Lipinski definition) is 2. The van der Waals surface area contributed by atoms with E-state index in [0.717, 1.165) is 12.1 Å². The van der Waals surface area contributed by atoms with Crippen molar-refractivity contribution in [3.05, 3.63) is 46.5 Å². The summed E-state index contributed by atoms with van der Waals surface area (Å²) in [7, 11) is 0. The Balaban J connectivity index is 2.40. The molecule has 0 amide bonds. The lowest BCUT2D eigenvalue weighted by atomic mass is 10.0. The third-order valence-corrected chi connectivity index (χ3v) is 4.04. The first kappa shape index (κ1) is 17.6. The normalized spacial score (nSPS) is 11.6. The molecule has 0 saturated heterocycles. The summed E-state index contributed by atoms with van der Waals surface area (Å²) >= 11 is 0. The largest absolute Gasteiger partial charge is 0.503 e. The van der Waals surface area contributed by atoms with E-state index in [9.17, 15) is 13.9 Å². The number of phenolic OH excluding ortho intramolecular Hbond substituents is 1. The number of aryl methyl sites for hydroxylation is 3. The van der Waals surface area contributed by atoms with Gasteiger partial charge in [-0.05, 0) is 20.3 Å². The minimum atomic E-state index is -1.12. The minimum absolute atomic E-state index is 0.0556. The molecular weight excluding hydrogens is 346 g/mol. The van der Waals surface area contributed by atoms with E-state index in [1.54, 1.807) is 13.8 Å². The van der Waals surface area contributed by atoms with Gasteiger partial charge in [0.15, 0.2) is 17.4 Å². The molecule has 1 aromatic carbocycles. The van der Waals surface area contributed by atoms with E-state index in [2.05, 4.69) is 15.4 Å². The first-order chi connectivity index (χ1) is 12.4. The number of oxime groups is 1. The van der Waals surface area contributed by atoms with Crippen LogP contribution in [0.4, 0.5) is 8.78 Å². The van der Waals surface area contributed by atoms with E-state index in [4.69, 9.17) is 9.73 Å². The second-order valence-electron chi connectivity index (χ2n) is 5.68. The van der Waals surface area contributed by atoms with Gasteiger partial charge in [0.1, 0.15) is 5.76 Å². The molecule has 2 aromatic heterocycles. The molecule has 3 aromatic rings. The maximum Gasteiger partial charge on any atom is 0.187 e. The maximum absolute atomic E-state index is 13.9. The molecule has 0 aliphatic rings. The number of aromatic nitrogens is 3. The first-order valence-corrected chi connectivity index (χ1v) is 7.79. The lowest BCUT2D eigenvalue weighted by Crippen LogP contribution is -2.03. The average Bonchev–Trinajstić information content (AvgIpc) is 3.12. The van der Waals surface area contributed by atoms with E-state index in [1.165, 1.54) is 10.9 Å². The fourth-order valence-electron chi connectivity index (χ4n) is 2.85. The Bertz CT molecular complexity index is 965. The van der Waals surface area contributed by atoms with Crippen LogP contribution in [0.5, 0.6) is 5.75 Å².